The molecule has 0 unspecified atom stereocenters. The molecule has 1 amide bonds. The van der Waals surface area contributed by atoms with Gasteiger partial charge in [-0.2, -0.15) is 5.10 Å². The highest BCUT2D eigenvalue weighted by molar-refractivity contribution is 5.96. The van der Waals surface area contributed by atoms with Crippen LogP contribution in [0.4, 0.5) is 5.82 Å². The molecule has 0 saturated carbocycles. The average molecular weight is 329 g/mol. The molecule has 0 atom stereocenters. The van der Waals surface area contributed by atoms with Crippen molar-refractivity contribution in [3.8, 4) is 5.75 Å². The highest BCUT2D eigenvalue weighted by Gasteiger charge is 2.31. The maximum absolute atomic E-state index is 12.7. The maximum Gasteiger partial charge on any atom is 0.269 e. The first-order valence-corrected chi connectivity index (χ1v) is 8.35. The van der Waals surface area contributed by atoms with E-state index < -0.39 is 5.60 Å². The minimum Gasteiger partial charge on any atom is -0.478 e. The lowest BCUT2D eigenvalue weighted by atomic mass is 10.1. The van der Waals surface area contributed by atoms with Crippen molar-refractivity contribution in [2.45, 2.75) is 60.1 Å². The molecular weight excluding hydrogens is 302 g/mol. The van der Waals surface area contributed by atoms with E-state index in [2.05, 4.69) is 17.3 Å². The fraction of sp³-hybridized carbons (Fsp3) is 0.474. The van der Waals surface area contributed by atoms with Crippen LogP contribution in [0.3, 0.4) is 0 Å². The number of rotatable bonds is 6. The van der Waals surface area contributed by atoms with Crippen LogP contribution >= 0.6 is 0 Å². The third-order valence-electron chi connectivity index (χ3n) is 4.05. The molecule has 0 aliphatic rings. The quantitative estimate of drug-likeness (QED) is 0.871. The van der Waals surface area contributed by atoms with E-state index in [0.717, 1.165) is 35.5 Å². The van der Waals surface area contributed by atoms with Crippen LogP contribution in [-0.2, 0) is 11.3 Å². The minimum absolute atomic E-state index is 0.194. The van der Waals surface area contributed by atoms with Crippen LogP contribution < -0.4 is 10.1 Å². The van der Waals surface area contributed by atoms with Gasteiger partial charge in [0.15, 0.2) is 5.60 Å². The van der Waals surface area contributed by atoms with Gasteiger partial charge in [-0.1, -0.05) is 19.1 Å². The molecule has 1 N–H and O–H groups in total. The van der Waals surface area contributed by atoms with Crippen LogP contribution in [0.1, 0.15) is 44.0 Å². The zero-order chi connectivity index (χ0) is 17.9. The number of hydrogen-bond acceptors (Lipinski definition) is 3. The van der Waals surface area contributed by atoms with Crippen LogP contribution in [-0.4, -0.2) is 21.3 Å². The van der Waals surface area contributed by atoms with Gasteiger partial charge in [0, 0.05) is 12.6 Å². The summed E-state index contributed by atoms with van der Waals surface area (Å²) in [7, 11) is 0. The van der Waals surface area contributed by atoms with Crippen LogP contribution in [0, 0.1) is 20.8 Å². The second kappa shape index (κ2) is 7.07. The lowest BCUT2D eigenvalue weighted by Crippen LogP contribution is -2.43. The number of ether oxygens (including phenoxy) is 1. The van der Waals surface area contributed by atoms with E-state index in [0.29, 0.717) is 5.82 Å². The Morgan fingerprint density at radius 2 is 2.00 bits per heavy atom. The van der Waals surface area contributed by atoms with Crippen LogP contribution in [0.25, 0.3) is 0 Å². The number of anilines is 1. The summed E-state index contributed by atoms with van der Waals surface area (Å²) in [6, 6.07) is 7.73. The first kappa shape index (κ1) is 18.0. The molecular formula is C19H27N3O2. The molecule has 1 heterocycles. The Kier molecular flexibility index (Phi) is 5.32. The Bertz CT molecular complexity index is 732. The van der Waals surface area contributed by atoms with Crippen molar-refractivity contribution in [3.05, 3.63) is 41.1 Å². The van der Waals surface area contributed by atoms with Gasteiger partial charge < -0.3 is 10.1 Å². The Labute approximate surface area is 144 Å². The molecule has 0 aliphatic carbocycles. The van der Waals surface area contributed by atoms with E-state index in [1.54, 1.807) is 13.8 Å². The van der Waals surface area contributed by atoms with Crippen molar-refractivity contribution >= 4 is 11.7 Å². The Morgan fingerprint density at radius 1 is 1.29 bits per heavy atom. The fourth-order valence-electron chi connectivity index (χ4n) is 2.45. The molecule has 0 saturated heterocycles. The summed E-state index contributed by atoms with van der Waals surface area (Å²) in [6.45, 7) is 12.3. The molecule has 0 aliphatic heterocycles. The number of amides is 1. The highest BCUT2D eigenvalue weighted by Crippen LogP contribution is 2.26. The topological polar surface area (TPSA) is 56.2 Å². The molecule has 0 bridgehead atoms. The molecule has 5 heteroatoms. The zero-order valence-corrected chi connectivity index (χ0v) is 15.4. The van der Waals surface area contributed by atoms with E-state index in [9.17, 15) is 4.79 Å². The third kappa shape index (κ3) is 3.96. The summed E-state index contributed by atoms with van der Waals surface area (Å²) in [5.74, 6) is 1.24. The van der Waals surface area contributed by atoms with Gasteiger partial charge in [0.1, 0.15) is 11.6 Å². The second-order valence-electron chi connectivity index (χ2n) is 6.66. The van der Waals surface area contributed by atoms with Crippen molar-refractivity contribution < 1.29 is 9.53 Å². The monoisotopic (exact) mass is 329 g/mol. The summed E-state index contributed by atoms with van der Waals surface area (Å²) in [5, 5.41) is 7.35. The van der Waals surface area contributed by atoms with Crippen molar-refractivity contribution in [1.29, 1.82) is 0 Å². The summed E-state index contributed by atoms with van der Waals surface area (Å²) >= 11 is 0. The van der Waals surface area contributed by atoms with Crippen LogP contribution in [0.2, 0.25) is 0 Å². The van der Waals surface area contributed by atoms with Crippen molar-refractivity contribution in [2.75, 3.05) is 5.32 Å². The van der Waals surface area contributed by atoms with Crippen LogP contribution in [0.5, 0.6) is 5.75 Å². The molecule has 24 heavy (non-hydrogen) atoms. The van der Waals surface area contributed by atoms with E-state index in [1.807, 2.05) is 49.7 Å². The van der Waals surface area contributed by atoms with Gasteiger partial charge in [-0.25, -0.2) is 4.68 Å². The number of benzene rings is 1. The summed E-state index contributed by atoms with van der Waals surface area (Å²) in [6.07, 6.45) is 0.951. The van der Waals surface area contributed by atoms with Crippen molar-refractivity contribution in [3.63, 3.8) is 0 Å². The zero-order valence-electron chi connectivity index (χ0n) is 15.4. The summed E-state index contributed by atoms with van der Waals surface area (Å²) in [4.78, 5) is 12.7. The predicted molar refractivity (Wildman–Crippen MR) is 96.5 cm³/mol. The number of nitrogens with one attached hydrogen (secondary N) is 1. The number of aryl methyl sites for hydroxylation is 3. The Balaban J connectivity index is 2.17. The second-order valence-corrected chi connectivity index (χ2v) is 6.66. The molecule has 130 valence electrons. The molecule has 5 nitrogen and oxygen atoms in total. The number of nitrogens with zero attached hydrogens (tertiary/aromatic N) is 2. The average Bonchev–Trinajstić information content (AvgIpc) is 2.84. The normalized spacial score (nSPS) is 11.4. The summed E-state index contributed by atoms with van der Waals surface area (Å²) in [5.41, 5.74) is 2.07. The molecule has 0 spiro atoms. The number of carbonyl (C=O) groups excluding carboxylic acids is 1. The van der Waals surface area contributed by atoms with E-state index >= 15 is 0 Å². The standard InChI is InChI=1S/C19H27N3O2/c1-7-11-22-17(12-14(3)21-22)20-18(23)19(5,6)24-16-10-8-9-13(2)15(16)4/h8-10,12H,7,11H2,1-6H3,(H,20,23). The molecule has 1 aromatic carbocycles. The van der Waals surface area contributed by atoms with Crippen LogP contribution in [0.15, 0.2) is 24.3 Å². The molecule has 1 aromatic heterocycles. The number of hydrogen-bond donors (Lipinski definition) is 1. The fourth-order valence-corrected chi connectivity index (χ4v) is 2.45. The van der Waals surface area contributed by atoms with Gasteiger partial charge >= 0.3 is 0 Å². The Morgan fingerprint density at radius 3 is 2.67 bits per heavy atom. The summed E-state index contributed by atoms with van der Waals surface area (Å²) < 4.78 is 7.83. The molecule has 0 fully saturated rings. The number of carbonyl (C=O) groups is 1. The number of aromatic nitrogens is 2. The smallest absolute Gasteiger partial charge is 0.269 e. The third-order valence-corrected chi connectivity index (χ3v) is 4.05. The first-order chi connectivity index (χ1) is 11.2. The Hall–Kier alpha value is -2.30. The largest absolute Gasteiger partial charge is 0.478 e. The maximum atomic E-state index is 12.7. The highest BCUT2D eigenvalue weighted by atomic mass is 16.5. The van der Waals surface area contributed by atoms with Crippen molar-refractivity contribution in [2.24, 2.45) is 0 Å². The van der Waals surface area contributed by atoms with Gasteiger partial charge in [0.05, 0.1) is 5.69 Å². The van der Waals surface area contributed by atoms with E-state index in [4.69, 9.17) is 4.74 Å². The molecule has 2 aromatic rings. The predicted octanol–water partition coefficient (Wildman–Crippen LogP) is 4.01. The molecule has 2 rings (SSSR count). The van der Waals surface area contributed by atoms with Gasteiger partial charge in [0.2, 0.25) is 0 Å². The molecule has 0 radical (unpaired) electrons. The SMILES string of the molecule is CCCn1nc(C)cc1NC(=O)C(C)(C)Oc1cccc(C)c1C. The minimum atomic E-state index is -0.992. The lowest BCUT2D eigenvalue weighted by molar-refractivity contribution is -0.128. The van der Waals surface area contributed by atoms with E-state index in [1.165, 1.54) is 0 Å². The van der Waals surface area contributed by atoms with Crippen molar-refractivity contribution in [1.82, 2.24) is 9.78 Å². The van der Waals surface area contributed by atoms with Gasteiger partial charge in [0.25, 0.3) is 5.91 Å². The van der Waals surface area contributed by atoms with Gasteiger partial charge in [-0.15, -0.1) is 0 Å². The lowest BCUT2D eigenvalue weighted by Gasteiger charge is -2.26. The van der Waals surface area contributed by atoms with Gasteiger partial charge in [-0.3, -0.25) is 4.79 Å². The first-order valence-electron chi connectivity index (χ1n) is 8.35. The van der Waals surface area contributed by atoms with E-state index in [-0.39, 0.29) is 5.91 Å². The van der Waals surface area contributed by atoms with Gasteiger partial charge in [-0.05, 0) is 58.2 Å².